The van der Waals surface area contributed by atoms with Gasteiger partial charge in [0.2, 0.25) is 5.60 Å². The number of nitriles is 1. The van der Waals surface area contributed by atoms with Gasteiger partial charge in [0, 0.05) is 12.8 Å². The molecule has 3 saturated carbocycles. The summed E-state index contributed by atoms with van der Waals surface area (Å²) in [5, 5.41) is 10.6. The molecule has 3 aliphatic rings. The Hall–Kier alpha value is -1.96. The minimum Gasteiger partial charge on any atom is -0.390 e. The van der Waals surface area contributed by atoms with E-state index in [1.165, 1.54) is 24.0 Å². The highest BCUT2D eigenvalue weighted by molar-refractivity contribution is 5.45. The lowest BCUT2D eigenvalue weighted by molar-refractivity contribution is -0.0452. The maximum atomic E-state index is 13.0. The smallest absolute Gasteiger partial charge is 0.276 e. The summed E-state index contributed by atoms with van der Waals surface area (Å²) in [6, 6.07) is 2.46. The lowest BCUT2D eigenvalue weighted by atomic mass is 9.86. The van der Waals surface area contributed by atoms with E-state index in [4.69, 9.17) is 4.84 Å². The molecule has 0 aromatic carbocycles. The Morgan fingerprint density at radius 1 is 0.852 bits per heavy atom. The Morgan fingerprint density at radius 3 is 2.00 bits per heavy atom. The standard InChI is InChI=1S/C22H31N3O2/c23-16-22(14-8-3-9-15-22)27-25-19(17-10-4-1-5-11-17)21(26)24-20(25)18-12-6-2-7-13-18/h1-15H2,(H,24,26). The minimum atomic E-state index is -0.800. The van der Waals surface area contributed by atoms with Gasteiger partial charge in [-0.1, -0.05) is 19.3 Å². The van der Waals surface area contributed by atoms with Crippen molar-refractivity contribution in [1.82, 2.24) is 9.71 Å². The number of hydrogen-bond donors (Lipinski definition) is 1. The minimum absolute atomic E-state index is 0.0381. The third kappa shape index (κ3) is 3.72. The fourth-order valence-electron chi connectivity index (χ4n) is 5.00. The van der Waals surface area contributed by atoms with Gasteiger partial charge in [-0.05, 0) is 75.4 Å². The maximum absolute atomic E-state index is 13.0. The van der Waals surface area contributed by atoms with Gasteiger partial charge in [0.25, 0.3) is 5.56 Å². The molecule has 0 spiro atoms. The largest absolute Gasteiger partial charge is 0.390 e. The molecule has 0 radical (unpaired) electrons. The maximum Gasteiger partial charge on any atom is 0.276 e. The Labute approximate surface area is 160 Å². The topological polar surface area (TPSA) is 70.8 Å². The molecule has 1 heterocycles. The van der Waals surface area contributed by atoms with Crippen LogP contribution in [0.3, 0.4) is 0 Å². The van der Waals surface area contributed by atoms with E-state index in [1.54, 1.807) is 4.73 Å². The summed E-state index contributed by atoms with van der Waals surface area (Å²) in [5.74, 6) is 0. The molecule has 146 valence electrons. The highest BCUT2D eigenvalue weighted by Crippen LogP contribution is 2.29. The molecule has 0 atom stereocenters. The predicted octanol–water partition coefficient (Wildman–Crippen LogP) is 3.06. The van der Waals surface area contributed by atoms with E-state index in [2.05, 4.69) is 11.1 Å². The Morgan fingerprint density at radius 2 is 1.41 bits per heavy atom. The van der Waals surface area contributed by atoms with E-state index in [-0.39, 0.29) is 5.56 Å². The van der Waals surface area contributed by atoms with Crippen LogP contribution in [0.4, 0.5) is 0 Å². The van der Waals surface area contributed by atoms with Crippen molar-refractivity contribution < 1.29 is 4.84 Å². The van der Waals surface area contributed by atoms with Crippen LogP contribution in [0.5, 0.6) is 0 Å². The normalized spacial score (nSPS) is 23.1. The van der Waals surface area contributed by atoms with Crippen molar-refractivity contribution in [3.8, 4) is 6.07 Å². The van der Waals surface area contributed by atoms with E-state index >= 15 is 0 Å². The summed E-state index contributed by atoms with van der Waals surface area (Å²) < 4.78 is 1.78. The van der Waals surface area contributed by atoms with Gasteiger partial charge in [0.1, 0.15) is 16.9 Å². The number of aromatic amines is 1. The van der Waals surface area contributed by atoms with Gasteiger partial charge in [-0.25, -0.2) is 0 Å². The Bertz CT molecular complexity index is 877. The van der Waals surface area contributed by atoms with Crippen LogP contribution in [0.15, 0.2) is 4.79 Å². The van der Waals surface area contributed by atoms with Crippen molar-refractivity contribution in [2.45, 2.75) is 102 Å². The first-order chi connectivity index (χ1) is 13.2. The fraction of sp³-hybridized carbons (Fsp3) is 0.727. The molecule has 0 amide bonds. The number of imidazole rings is 1. The molecular weight excluding hydrogens is 338 g/mol. The summed E-state index contributed by atoms with van der Waals surface area (Å²) in [4.78, 5) is 22.6. The molecule has 1 N–H and O–H groups in total. The van der Waals surface area contributed by atoms with E-state index in [1.807, 2.05) is 0 Å². The fourth-order valence-corrected chi connectivity index (χ4v) is 5.00. The molecule has 5 heteroatoms. The van der Waals surface area contributed by atoms with E-state index in [9.17, 15) is 10.1 Å². The summed E-state index contributed by atoms with van der Waals surface area (Å²) in [5.41, 5.74) is 2.47. The Balaban J connectivity index is 1.89. The quantitative estimate of drug-likeness (QED) is 0.871. The van der Waals surface area contributed by atoms with Crippen molar-refractivity contribution in [2.75, 3.05) is 0 Å². The first kappa shape index (κ1) is 18.4. The number of nitrogens with one attached hydrogen (secondary N) is 1. The zero-order valence-electron chi connectivity index (χ0n) is 16.3. The molecule has 0 unspecified atom stereocenters. The molecule has 1 aromatic heterocycles. The van der Waals surface area contributed by atoms with Gasteiger partial charge < -0.3 is 9.82 Å². The van der Waals surface area contributed by atoms with Crippen LogP contribution >= 0.6 is 0 Å². The number of aromatic nitrogens is 2. The van der Waals surface area contributed by atoms with Gasteiger partial charge in [0.15, 0.2) is 0 Å². The summed E-state index contributed by atoms with van der Waals surface area (Å²) in [6.07, 6.45) is 15.7. The van der Waals surface area contributed by atoms with Gasteiger partial charge >= 0.3 is 0 Å². The highest BCUT2D eigenvalue weighted by atomic mass is 16.7. The van der Waals surface area contributed by atoms with Gasteiger partial charge in [-0.2, -0.15) is 9.99 Å². The van der Waals surface area contributed by atoms with Gasteiger partial charge in [-0.15, -0.1) is 0 Å². The Kier molecular flexibility index (Phi) is 5.43. The van der Waals surface area contributed by atoms with Gasteiger partial charge in [0.05, 0.1) is 0 Å². The van der Waals surface area contributed by atoms with Gasteiger partial charge in [-0.3, -0.25) is 4.79 Å². The molecule has 27 heavy (non-hydrogen) atoms. The SMILES string of the molecule is N#CC1(On2c(=C3CCCCC3)[nH]c(=O)c2=C2CCCCC2)CCCCC1. The molecule has 0 aliphatic heterocycles. The van der Waals surface area contributed by atoms with Crippen molar-refractivity contribution in [2.24, 2.45) is 0 Å². The summed E-state index contributed by atoms with van der Waals surface area (Å²) in [7, 11) is 0. The van der Waals surface area contributed by atoms with Crippen LogP contribution in [0.25, 0.3) is 11.1 Å². The molecule has 3 fully saturated rings. The zero-order chi connectivity index (χ0) is 18.7. The van der Waals surface area contributed by atoms with E-state index < -0.39 is 5.60 Å². The van der Waals surface area contributed by atoms with Crippen LogP contribution in [-0.4, -0.2) is 15.3 Å². The molecule has 0 saturated heterocycles. The number of H-pyrrole nitrogens is 1. The first-order valence-corrected chi connectivity index (χ1v) is 10.9. The lowest BCUT2D eigenvalue weighted by Gasteiger charge is -2.31. The molecule has 5 nitrogen and oxygen atoms in total. The van der Waals surface area contributed by atoms with Crippen molar-refractivity contribution in [1.29, 1.82) is 5.26 Å². The second-order valence-electron chi connectivity index (χ2n) is 8.53. The van der Waals surface area contributed by atoms with Crippen LogP contribution in [0, 0.1) is 11.3 Å². The first-order valence-electron chi connectivity index (χ1n) is 10.9. The monoisotopic (exact) mass is 369 g/mol. The molecular formula is C22H31N3O2. The number of nitrogens with zero attached hydrogens (tertiary/aromatic N) is 2. The predicted molar refractivity (Wildman–Crippen MR) is 105 cm³/mol. The van der Waals surface area contributed by atoms with E-state index in [0.29, 0.717) is 5.35 Å². The second-order valence-corrected chi connectivity index (χ2v) is 8.53. The second kappa shape index (κ2) is 7.96. The zero-order valence-corrected chi connectivity index (χ0v) is 16.3. The molecule has 3 aliphatic carbocycles. The van der Waals surface area contributed by atoms with Crippen LogP contribution in [0.2, 0.25) is 0 Å². The van der Waals surface area contributed by atoms with Crippen LogP contribution in [0.1, 0.15) is 96.3 Å². The third-order valence-corrected chi connectivity index (χ3v) is 6.57. The number of hydrogen-bond acceptors (Lipinski definition) is 3. The molecule has 4 rings (SSSR count). The average Bonchev–Trinajstić information content (AvgIpc) is 3.05. The van der Waals surface area contributed by atoms with Crippen molar-refractivity contribution >= 4 is 11.1 Å². The van der Waals surface area contributed by atoms with Crippen molar-refractivity contribution in [3.05, 3.63) is 21.2 Å². The summed E-state index contributed by atoms with van der Waals surface area (Å²) >= 11 is 0. The number of rotatable bonds is 2. The summed E-state index contributed by atoms with van der Waals surface area (Å²) in [6.45, 7) is 0. The van der Waals surface area contributed by atoms with Crippen molar-refractivity contribution in [3.63, 3.8) is 0 Å². The highest BCUT2D eigenvalue weighted by Gasteiger charge is 2.36. The van der Waals surface area contributed by atoms with E-state index in [0.717, 1.165) is 89.0 Å². The van der Waals surface area contributed by atoms with Crippen LogP contribution in [-0.2, 0) is 0 Å². The lowest BCUT2D eigenvalue weighted by Crippen LogP contribution is -2.50. The van der Waals surface area contributed by atoms with Crippen LogP contribution < -0.4 is 21.2 Å². The molecule has 1 aromatic rings. The average molecular weight is 370 g/mol. The molecule has 0 bridgehead atoms. The third-order valence-electron chi connectivity index (χ3n) is 6.57.